The van der Waals surface area contributed by atoms with Gasteiger partial charge >= 0.3 is 0 Å². The van der Waals surface area contributed by atoms with Gasteiger partial charge in [0.05, 0.1) is 0 Å². The molecule has 1 amide bonds. The molecule has 1 fully saturated rings. The summed E-state index contributed by atoms with van der Waals surface area (Å²) >= 11 is 0. The van der Waals surface area contributed by atoms with Gasteiger partial charge in [0.25, 0.3) is 0 Å². The van der Waals surface area contributed by atoms with E-state index in [1.807, 2.05) is 24.3 Å². The van der Waals surface area contributed by atoms with E-state index in [-0.39, 0.29) is 30.6 Å². The van der Waals surface area contributed by atoms with Crippen molar-refractivity contribution in [2.24, 2.45) is 11.8 Å². The van der Waals surface area contributed by atoms with Crippen molar-refractivity contribution in [1.29, 1.82) is 0 Å². The van der Waals surface area contributed by atoms with E-state index >= 15 is 0 Å². The Hall–Kier alpha value is -1.64. The summed E-state index contributed by atoms with van der Waals surface area (Å²) in [5.74, 6) is 1.24. The van der Waals surface area contributed by atoms with Crippen LogP contribution < -0.4 is 5.32 Å². The van der Waals surface area contributed by atoms with Gasteiger partial charge in [-0.3, -0.25) is 9.59 Å². The summed E-state index contributed by atoms with van der Waals surface area (Å²) in [6, 6.07) is 7.97. The van der Waals surface area contributed by atoms with E-state index < -0.39 is 0 Å². The molecule has 3 nitrogen and oxygen atoms in total. The predicted octanol–water partition coefficient (Wildman–Crippen LogP) is 4.15. The van der Waals surface area contributed by atoms with Crippen LogP contribution in [0.25, 0.3) is 0 Å². The summed E-state index contributed by atoms with van der Waals surface area (Å²) in [6.45, 7) is 6.57. The van der Waals surface area contributed by atoms with E-state index in [1.165, 1.54) is 18.4 Å². The molecule has 0 spiro atoms. The molecule has 1 N–H and O–H groups in total. The Morgan fingerprint density at radius 2 is 1.78 bits per heavy atom. The largest absolute Gasteiger partial charge is 0.353 e. The van der Waals surface area contributed by atoms with Crippen LogP contribution >= 0.6 is 0 Å². The third kappa shape index (κ3) is 4.92. The summed E-state index contributed by atoms with van der Waals surface area (Å²) in [4.78, 5) is 24.3. The van der Waals surface area contributed by atoms with Gasteiger partial charge in [-0.2, -0.15) is 0 Å². The number of Topliss-reactive ketones (excluding diaryl/α,β-unsaturated/α-hetero) is 1. The van der Waals surface area contributed by atoms with Gasteiger partial charge in [0, 0.05) is 24.4 Å². The Kier molecular flexibility index (Phi) is 6.37. The fourth-order valence-corrected chi connectivity index (χ4v) is 3.36. The molecule has 126 valence electrons. The van der Waals surface area contributed by atoms with Crippen molar-refractivity contribution in [3.8, 4) is 0 Å². The zero-order valence-corrected chi connectivity index (χ0v) is 14.6. The molecule has 1 saturated carbocycles. The minimum atomic E-state index is 0.00878. The Morgan fingerprint density at radius 3 is 2.43 bits per heavy atom. The number of amides is 1. The number of nitrogens with one attached hydrogen (secondary N) is 1. The predicted molar refractivity (Wildman–Crippen MR) is 93.5 cm³/mol. The van der Waals surface area contributed by atoms with Crippen LogP contribution in [0.4, 0.5) is 0 Å². The molecule has 0 aromatic heterocycles. The van der Waals surface area contributed by atoms with E-state index in [2.05, 4.69) is 26.1 Å². The van der Waals surface area contributed by atoms with E-state index in [9.17, 15) is 9.59 Å². The van der Waals surface area contributed by atoms with E-state index in [4.69, 9.17) is 0 Å². The lowest BCUT2D eigenvalue weighted by Gasteiger charge is -2.34. The first-order chi connectivity index (χ1) is 11.0. The fraction of sp³-hybridized carbons (Fsp3) is 0.600. The Labute approximate surface area is 139 Å². The quantitative estimate of drug-likeness (QED) is 0.801. The molecule has 1 aliphatic rings. The number of rotatable bonds is 6. The molecule has 2 rings (SSSR count). The molecule has 0 bridgehead atoms. The number of hydrogen-bond donors (Lipinski definition) is 1. The maximum absolute atomic E-state index is 12.2. The van der Waals surface area contributed by atoms with Crippen molar-refractivity contribution in [2.75, 3.05) is 0 Å². The number of carbonyl (C=O) groups excluding carboxylic acids is 2. The van der Waals surface area contributed by atoms with Gasteiger partial charge in [0.2, 0.25) is 5.91 Å². The first-order valence-electron chi connectivity index (χ1n) is 8.92. The first kappa shape index (κ1) is 17.7. The van der Waals surface area contributed by atoms with Crippen molar-refractivity contribution in [1.82, 2.24) is 5.32 Å². The smallest absolute Gasteiger partial charge is 0.220 e. The molecule has 1 aromatic carbocycles. The summed E-state index contributed by atoms with van der Waals surface area (Å²) in [6.07, 6.45) is 5.03. The standard InChI is InChI=1S/C20H29NO2/c1-4-16-8-10-17(11-9-16)19(22)12-13-20(23)21-18-7-5-6-14(2)15(18)3/h8-11,14-15,18H,4-7,12-13H2,1-3H3,(H,21,23). The van der Waals surface area contributed by atoms with E-state index in [1.54, 1.807) is 0 Å². The van der Waals surface area contributed by atoms with Crippen LogP contribution in [0.1, 0.15) is 68.8 Å². The number of benzene rings is 1. The number of aryl methyl sites for hydroxylation is 1. The van der Waals surface area contributed by atoms with Crippen LogP contribution in [0.2, 0.25) is 0 Å². The zero-order valence-electron chi connectivity index (χ0n) is 14.6. The van der Waals surface area contributed by atoms with Crippen LogP contribution in [-0.2, 0) is 11.2 Å². The highest BCUT2D eigenvalue weighted by atomic mass is 16.2. The molecule has 0 saturated heterocycles. The molecular weight excluding hydrogens is 286 g/mol. The topological polar surface area (TPSA) is 46.2 Å². The lowest BCUT2D eigenvalue weighted by molar-refractivity contribution is -0.122. The number of ketones is 1. The number of carbonyl (C=O) groups is 2. The minimum Gasteiger partial charge on any atom is -0.353 e. The third-order valence-corrected chi connectivity index (χ3v) is 5.32. The van der Waals surface area contributed by atoms with Gasteiger partial charge in [0.15, 0.2) is 5.78 Å². The number of hydrogen-bond acceptors (Lipinski definition) is 2. The lowest BCUT2D eigenvalue weighted by atomic mass is 9.78. The van der Waals surface area contributed by atoms with Crippen molar-refractivity contribution in [3.05, 3.63) is 35.4 Å². The first-order valence-corrected chi connectivity index (χ1v) is 8.92. The summed E-state index contributed by atoms with van der Waals surface area (Å²) in [7, 11) is 0. The second-order valence-electron chi connectivity index (χ2n) is 6.91. The molecule has 3 atom stereocenters. The van der Waals surface area contributed by atoms with Crippen LogP contribution in [0.5, 0.6) is 0 Å². The second-order valence-corrected chi connectivity index (χ2v) is 6.91. The van der Waals surface area contributed by atoms with Crippen LogP contribution in [0, 0.1) is 11.8 Å². The average molecular weight is 315 g/mol. The maximum atomic E-state index is 12.2. The Morgan fingerprint density at radius 1 is 1.09 bits per heavy atom. The molecule has 0 heterocycles. The van der Waals surface area contributed by atoms with Crippen molar-refractivity contribution >= 4 is 11.7 Å². The molecule has 3 unspecified atom stereocenters. The fourth-order valence-electron chi connectivity index (χ4n) is 3.36. The average Bonchev–Trinajstić information content (AvgIpc) is 2.57. The van der Waals surface area contributed by atoms with Gasteiger partial charge in [0.1, 0.15) is 0 Å². The monoisotopic (exact) mass is 315 g/mol. The molecule has 23 heavy (non-hydrogen) atoms. The molecule has 1 aliphatic carbocycles. The van der Waals surface area contributed by atoms with E-state index in [0.717, 1.165) is 12.8 Å². The summed E-state index contributed by atoms with van der Waals surface area (Å²) in [5.41, 5.74) is 1.93. The SMILES string of the molecule is CCc1ccc(C(=O)CCC(=O)NC2CCCC(C)C2C)cc1. The van der Waals surface area contributed by atoms with Crippen molar-refractivity contribution < 1.29 is 9.59 Å². The van der Waals surface area contributed by atoms with Gasteiger partial charge in [-0.05, 0) is 30.2 Å². The molecule has 1 aromatic rings. The van der Waals surface area contributed by atoms with Gasteiger partial charge in [-0.1, -0.05) is 57.9 Å². The minimum absolute atomic E-state index is 0.00878. The highest BCUT2D eigenvalue weighted by molar-refractivity contribution is 5.98. The Bertz CT molecular complexity index is 535. The van der Waals surface area contributed by atoms with Crippen molar-refractivity contribution in [3.63, 3.8) is 0 Å². The molecule has 3 heteroatoms. The van der Waals surface area contributed by atoms with Crippen molar-refractivity contribution in [2.45, 2.75) is 65.3 Å². The third-order valence-electron chi connectivity index (χ3n) is 5.32. The van der Waals surface area contributed by atoms with Crippen LogP contribution in [0.15, 0.2) is 24.3 Å². The normalized spacial score (nSPS) is 24.2. The lowest BCUT2D eigenvalue weighted by Crippen LogP contribution is -2.43. The molecular formula is C20H29NO2. The van der Waals surface area contributed by atoms with Gasteiger partial charge in [-0.25, -0.2) is 0 Å². The summed E-state index contributed by atoms with van der Waals surface area (Å²) < 4.78 is 0. The van der Waals surface area contributed by atoms with E-state index in [0.29, 0.717) is 17.4 Å². The highest BCUT2D eigenvalue weighted by Gasteiger charge is 2.28. The molecule has 0 aliphatic heterocycles. The van der Waals surface area contributed by atoms with Crippen LogP contribution in [-0.4, -0.2) is 17.7 Å². The van der Waals surface area contributed by atoms with Crippen LogP contribution in [0.3, 0.4) is 0 Å². The Balaban J connectivity index is 1.80. The van der Waals surface area contributed by atoms with Gasteiger partial charge < -0.3 is 5.32 Å². The molecule has 0 radical (unpaired) electrons. The highest BCUT2D eigenvalue weighted by Crippen LogP contribution is 2.29. The second kappa shape index (κ2) is 8.28. The maximum Gasteiger partial charge on any atom is 0.220 e. The summed E-state index contributed by atoms with van der Waals surface area (Å²) in [5, 5.41) is 3.13. The van der Waals surface area contributed by atoms with Gasteiger partial charge in [-0.15, -0.1) is 0 Å². The zero-order chi connectivity index (χ0) is 16.8.